The molecule has 0 aliphatic heterocycles. The van der Waals surface area contributed by atoms with Crippen molar-refractivity contribution in [3.63, 3.8) is 0 Å². The van der Waals surface area contributed by atoms with E-state index in [9.17, 15) is 0 Å². The third-order valence-electron chi connectivity index (χ3n) is 4.00. The lowest BCUT2D eigenvalue weighted by atomic mass is 10.3. The molecule has 0 aliphatic carbocycles. The highest BCUT2D eigenvalue weighted by Crippen LogP contribution is 2.42. The van der Waals surface area contributed by atoms with Gasteiger partial charge in [-0.15, -0.1) is 0 Å². The van der Waals surface area contributed by atoms with Crippen LogP contribution in [0.1, 0.15) is 54.4 Å². The summed E-state index contributed by atoms with van der Waals surface area (Å²) in [7, 11) is 0.412. The van der Waals surface area contributed by atoms with Crippen molar-refractivity contribution in [1.82, 2.24) is 0 Å². The van der Waals surface area contributed by atoms with Gasteiger partial charge < -0.3 is 4.43 Å². The van der Waals surface area contributed by atoms with Crippen LogP contribution in [0, 0.1) is 5.92 Å². The normalized spacial score (nSPS) is 20.0. The average Bonchev–Trinajstić information content (AvgIpc) is 2.23. The van der Waals surface area contributed by atoms with Gasteiger partial charge in [0.2, 0.25) is 0 Å². The molecule has 0 saturated heterocycles. The fourth-order valence-electron chi connectivity index (χ4n) is 2.70. The van der Waals surface area contributed by atoms with E-state index in [-0.39, 0.29) is 0 Å². The Morgan fingerprint density at radius 1 is 0.933 bits per heavy atom. The third-order valence-corrected chi connectivity index (χ3v) is 10.4. The molecule has 0 amide bonds. The van der Waals surface area contributed by atoms with Gasteiger partial charge in [0.15, 0.2) is 8.32 Å². The van der Waals surface area contributed by atoms with Crippen LogP contribution >= 0.6 is 0 Å². The van der Waals surface area contributed by atoms with Crippen LogP contribution in [-0.2, 0) is 4.43 Å². The van der Waals surface area contributed by atoms with Gasteiger partial charge in [-0.2, -0.15) is 0 Å². The molecular weight excluding hydrogens is 200 g/mol. The van der Waals surface area contributed by atoms with E-state index in [1.165, 1.54) is 18.9 Å². The highest BCUT2D eigenvalue weighted by atomic mass is 28.4. The first-order valence-electron chi connectivity index (χ1n) is 6.49. The maximum Gasteiger partial charge on any atom is 0.198 e. The second-order valence-corrected chi connectivity index (χ2v) is 10.1. The van der Waals surface area contributed by atoms with Crippen molar-refractivity contribution < 1.29 is 4.43 Å². The smallest absolute Gasteiger partial charge is 0.198 e. The molecule has 0 fully saturated rings. The van der Waals surface area contributed by atoms with Gasteiger partial charge in [0.1, 0.15) is 0 Å². The van der Waals surface area contributed by atoms with Crippen molar-refractivity contribution in [2.24, 2.45) is 5.92 Å². The van der Waals surface area contributed by atoms with Crippen LogP contribution in [-0.4, -0.2) is 15.4 Å². The Morgan fingerprint density at radius 2 is 1.33 bits per heavy atom. The molecule has 2 atom stereocenters. The maximum absolute atomic E-state index is 6.09. The first kappa shape index (κ1) is 15.2. The molecule has 0 radical (unpaired) electrons. The zero-order chi connectivity index (χ0) is 12.1. The molecule has 2 unspecified atom stereocenters. The molecule has 0 heterocycles. The van der Waals surface area contributed by atoms with Crippen LogP contribution in [0.2, 0.25) is 17.1 Å². The molecule has 0 aliphatic rings. The van der Waals surface area contributed by atoms with Gasteiger partial charge in [0.05, 0.1) is 0 Å². The van der Waals surface area contributed by atoms with Crippen molar-refractivity contribution in [2.45, 2.75) is 71.5 Å². The van der Waals surface area contributed by atoms with E-state index in [4.69, 9.17) is 4.43 Å². The monoisotopic (exact) mass is 230 g/mol. The molecule has 0 spiro atoms. The first-order chi connectivity index (χ1) is 6.94. The zero-order valence-corrected chi connectivity index (χ0v) is 12.8. The minimum atomic E-state index is -1.54. The summed E-state index contributed by atoms with van der Waals surface area (Å²) in [6.07, 6.45) is 2.52. The molecule has 92 valence electrons. The van der Waals surface area contributed by atoms with Gasteiger partial charge in [-0.25, -0.2) is 0 Å². The fourth-order valence-corrected chi connectivity index (χ4v) is 8.11. The van der Waals surface area contributed by atoms with Crippen LogP contribution < -0.4 is 0 Å². The molecule has 15 heavy (non-hydrogen) atoms. The van der Waals surface area contributed by atoms with Crippen LogP contribution in [0.15, 0.2) is 0 Å². The van der Waals surface area contributed by atoms with Gasteiger partial charge in [0.25, 0.3) is 0 Å². The van der Waals surface area contributed by atoms with Crippen molar-refractivity contribution in [1.29, 1.82) is 0 Å². The van der Waals surface area contributed by atoms with Crippen LogP contribution in [0.4, 0.5) is 0 Å². The molecule has 0 rings (SSSR count). The Morgan fingerprint density at radius 3 is 1.53 bits per heavy atom. The summed E-state index contributed by atoms with van der Waals surface area (Å²) < 4.78 is 6.09. The molecule has 0 saturated carbocycles. The first-order valence-corrected chi connectivity index (χ1v) is 8.76. The predicted molar refractivity (Wildman–Crippen MR) is 71.8 cm³/mol. The molecule has 1 nitrogen and oxygen atoms in total. The van der Waals surface area contributed by atoms with Crippen molar-refractivity contribution in [3.8, 4) is 0 Å². The van der Waals surface area contributed by atoms with Gasteiger partial charge in [0, 0.05) is 7.11 Å². The van der Waals surface area contributed by atoms with E-state index in [0.29, 0.717) is 0 Å². The minimum absolute atomic E-state index is 0.764. The molecule has 0 aromatic rings. The average molecular weight is 230 g/mol. The summed E-state index contributed by atoms with van der Waals surface area (Å²) in [5.41, 5.74) is 1.56. The zero-order valence-electron chi connectivity index (χ0n) is 11.8. The van der Waals surface area contributed by atoms with E-state index in [0.717, 1.165) is 17.0 Å². The SMILES string of the molecule is CCC(C)[Si](CC(C)C)(OC)C(C)CC. The van der Waals surface area contributed by atoms with Crippen LogP contribution in [0.5, 0.6) is 0 Å². The summed E-state index contributed by atoms with van der Waals surface area (Å²) in [6.45, 7) is 14.0. The summed E-state index contributed by atoms with van der Waals surface area (Å²) in [5.74, 6) is 0.764. The van der Waals surface area contributed by atoms with Gasteiger partial charge in [-0.1, -0.05) is 54.4 Å². The lowest BCUT2D eigenvalue weighted by molar-refractivity contribution is 0.353. The Labute approximate surface area is 97.7 Å². The van der Waals surface area contributed by atoms with E-state index < -0.39 is 8.32 Å². The molecule has 0 aromatic carbocycles. The van der Waals surface area contributed by atoms with Gasteiger partial charge in [-0.05, 0) is 23.0 Å². The lowest BCUT2D eigenvalue weighted by Crippen LogP contribution is -2.46. The van der Waals surface area contributed by atoms with Gasteiger partial charge in [-0.3, -0.25) is 0 Å². The summed E-state index contributed by atoms with van der Waals surface area (Å²) >= 11 is 0. The Hall–Kier alpha value is 0.177. The Kier molecular flexibility index (Phi) is 6.77. The standard InChI is InChI=1S/C13H30OSi/c1-8-12(5)15(14-7,10-11(3)4)13(6)9-2/h11-13H,8-10H2,1-7H3. The highest BCUT2D eigenvalue weighted by Gasteiger charge is 2.43. The molecule has 0 N–H and O–H groups in total. The van der Waals surface area contributed by atoms with Crippen LogP contribution in [0.25, 0.3) is 0 Å². The Balaban J connectivity index is 4.91. The lowest BCUT2D eigenvalue weighted by Gasteiger charge is -2.41. The summed E-state index contributed by atoms with van der Waals surface area (Å²) in [6, 6.07) is 1.31. The second-order valence-electron chi connectivity index (χ2n) is 5.38. The second kappa shape index (κ2) is 6.69. The maximum atomic E-state index is 6.09. The molecule has 0 aromatic heterocycles. The molecular formula is C13H30OSi. The van der Waals surface area contributed by atoms with Crippen molar-refractivity contribution in [2.75, 3.05) is 7.11 Å². The van der Waals surface area contributed by atoms with E-state index in [1.54, 1.807) is 0 Å². The molecule has 0 bridgehead atoms. The summed E-state index contributed by atoms with van der Waals surface area (Å²) in [4.78, 5) is 0. The van der Waals surface area contributed by atoms with E-state index >= 15 is 0 Å². The topological polar surface area (TPSA) is 9.23 Å². The van der Waals surface area contributed by atoms with Crippen molar-refractivity contribution in [3.05, 3.63) is 0 Å². The number of hydrogen-bond donors (Lipinski definition) is 0. The fraction of sp³-hybridized carbons (Fsp3) is 1.00. The highest BCUT2D eigenvalue weighted by molar-refractivity contribution is 6.76. The minimum Gasteiger partial charge on any atom is -0.419 e. The van der Waals surface area contributed by atoms with Gasteiger partial charge >= 0.3 is 0 Å². The molecule has 2 heteroatoms. The van der Waals surface area contributed by atoms with E-state index in [1.807, 2.05) is 7.11 Å². The Bertz CT molecular complexity index is 158. The summed E-state index contributed by atoms with van der Waals surface area (Å²) in [5, 5.41) is 0. The predicted octanol–water partition coefficient (Wildman–Crippen LogP) is 4.83. The quantitative estimate of drug-likeness (QED) is 0.569. The largest absolute Gasteiger partial charge is 0.419 e. The van der Waals surface area contributed by atoms with Crippen molar-refractivity contribution >= 4 is 8.32 Å². The van der Waals surface area contributed by atoms with E-state index in [2.05, 4.69) is 41.5 Å². The van der Waals surface area contributed by atoms with Crippen LogP contribution in [0.3, 0.4) is 0 Å². The number of hydrogen-bond acceptors (Lipinski definition) is 1. The third kappa shape index (κ3) is 3.60. The number of rotatable bonds is 7.